The van der Waals surface area contributed by atoms with Gasteiger partial charge in [-0.25, -0.2) is 4.79 Å². The Morgan fingerprint density at radius 3 is 2.39 bits per heavy atom. The molecule has 6 nitrogen and oxygen atoms in total. The van der Waals surface area contributed by atoms with Gasteiger partial charge in [0, 0.05) is 30.1 Å². The average Bonchev–Trinajstić information content (AvgIpc) is 2.49. The highest BCUT2D eigenvalue weighted by Gasteiger charge is 2.08. The molecular weight excluding hydrogens is 296 g/mol. The maximum absolute atomic E-state index is 12.1. The van der Waals surface area contributed by atoms with Crippen molar-refractivity contribution in [3.63, 3.8) is 0 Å². The van der Waals surface area contributed by atoms with Crippen molar-refractivity contribution < 1.29 is 14.7 Å². The summed E-state index contributed by atoms with van der Waals surface area (Å²) in [5, 5.41) is 11.7. The number of aryl methyl sites for hydroxylation is 2. The van der Waals surface area contributed by atoms with Gasteiger partial charge >= 0.3 is 5.97 Å². The highest BCUT2D eigenvalue weighted by atomic mass is 16.4. The van der Waals surface area contributed by atoms with Crippen LogP contribution < -0.4 is 10.7 Å². The average molecular weight is 314 g/mol. The maximum atomic E-state index is 12.1. The highest BCUT2D eigenvalue weighted by Crippen LogP contribution is 2.06. The molecule has 0 aliphatic rings. The Morgan fingerprint density at radius 1 is 1.13 bits per heavy atom. The van der Waals surface area contributed by atoms with Crippen LogP contribution in [-0.2, 0) is 17.9 Å². The summed E-state index contributed by atoms with van der Waals surface area (Å²) in [6, 6.07) is 9.38. The fourth-order valence-corrected chi connectivity index (χ4v) is 2.35. The molecule has 0 spiro atoms. The van der Waals surface area contributed by atoms with E-state index < -0.39 is 5.97 Å². The van der Waals surface area contributed by atoms with Crippen LogP contribution in [-0.4, -0.2) is 21.6 Å². The molecule has 0 atom stereocenters. The normalized spacial score (nSPS) is 10.3. The molecule has 2 aromatic rings. The van der Waals surface area contributed by atoms with Crippen LogP contribution in [0, 0.1) is 13.8 Å². The van der Waals surface area contributed by atoms with E-state index >= 15 is 0 Å². The number of hydrogen-bond donors (Lipinski definition) is 2. The molecule has 0 aliphatic carbocycles. The SMILES string of the molecule is Cc1cc(=O)cc(C)n1CC(=O)NCc1cccc(C(=O)O)c1. The summed E-state index contributed by atoms with van der Waals surface area (Å²) in [6.07, 6.45) is 0. The zero-order chi connectivity index (χ0) is 17.0. The van der Waals surface area contributed by atoms with Crippen molar-refractivity contribution in [3.8, 4) is 0 Å². The lowest BCUT2D eigenvalue weighted by atomic mass is 10.1. The Morgan fingerprint density at radius 2 is 1.78 bits per heavy atom. The molecule has 0 aliphatic heterocycles. The monoisotopic (exact) mass is 314 g/mol. The number of carboxylic acids is 1. The van der Waals surface area contributed by atoms with Crippen molar-refractivity contribution >= 4 is 11.9 Å². The third kappa shape index (κ3) is 4.29. The third-order valence-electron chi connectivity index (χ3n) is 3.52. The minimum atomic E-state index is -1.00. The Bertz CT molecular complexity index is 782. The quantitative estimate of drug-likeness (QED) is 0.875. The van der Waals surface area contributed by atoms with E-state index in [1.807, 2.05) is 0 Å². The molecule has 1 amide bonds. The first-order chi connectivity index (χ1) is 10.9. The van der Waals surface area contributed by atoms with E-state index in [2.05, 4.69) is 5.32 Å². The van der Waals surface area contributed by atoms with Crippen molar-refractivity contribution in [2.75, 3.05) is 0 Å². The molecule has 0 saturated carbocycles. The number of nitrogens with zero attached hydrogens (tertiary/aromatic N) is 1. The van der Waals surface area contributed by atoms with Gasteiger partial charge in [0.05, 0.1) is 5.56 Å². The van der Waals surface area contributed by atoms with Gasteiger partial charge in [0.1, 0.15) is 6.54 Å². The zero-order valence-electron chi connectivity index (χ0n) is 13.0. The van der Waals surface area contributed by atoms with Crippen LogP contribution in [0.4, 0.5) is 0 Å². The number of carbonyl (C=O) groups is 2. The largest absolute Gasteiger partial charge is 0.478 e. The van der Waals surface area contributed by atoms with Gasteiger partial charge in [0.25, 0.3) is 0 Å². The van der Waals surface area contributed by atoms with E-state index in [0.717, 1.165) is 11.4 Å². The predicted molar refractivity (Wildman–Crippen MR) is 85.4 cm³/mol. The number of rotatable bonds is 5. The van der Waals surface area contributed by atoms with E-state index in [4.69, 9.17) is 5.11 Å². The fraction of sp³-hybridized carbons (Fsp3) is 0.235. The van der Waals surface area contributed by atoms with Gasteiger partial charge in [0.2, 0.25) is 5.91 Å². The number of hydrogen-bond acceptors (Lipinski definition) is 3. The standard InChI is InChI=1S/C17H18N2O4/c1-11-6-15(20)7-12(2)19(11)10-16(21)18-9-13-4-3-5-14(8-13)17(22)23/h3-8H,9-10H2,1-2H3,(H,18,21)(H,22,23). The highest BCUT2D eigenvalue weighted by molar-refractivity contribution is 5.87. The summed E-state index contributed by atoms with van der Waals surface area (Å²) < 4.78 is 1.75. The second-order valence-corrected chi connectivity index (χ2v) is 5.34. The second kappa shape index (κ2) is 6.91. The van der Waals surface area contributed by atoms with Crippen LogP contribution in [0.2, 0.25) is 0 Å². The topological polar surface area (TPSA) is 88.4 Å². The van der Waals surface area contributed by atoms with Crippen LogP contribution in [0.1, 0.15) is 27.3 Å². The molecule has 2 N–H and O–H groups in total. The maximum Gasteiger partial charge on any atom is 0.335 e. The Hall–Kier alpha value is -2.89. The van der Waals surface area contributed by atoms with Gasteiger partial charge in [0.15, 0.2) is 5.43 Å². The van der Waals surface area contributed by atoms with E-state index in [1.165, 1.54) is 24.3 Å². The summed E-state index contributed by atoms with van der Waals surface area (Å²) in [7, 11) is 0. The van der Waals surface area contributed by atoms with Crippen molar-refractivity contribution in [1.82, 2.24) is 9.88 Å². The minimum Gasteiger partial charge on any atom is -0.478 e. The number of pyridine rings is 1. The molecule has 0 unspecified atom stereocenters. The van der Waals surface area contributed by atoms with Gasteiger partial charge in [-0.05, 0) is 31.5 Å². The Balaban J connectivity index is 2.02. The predicted octanol–water partition coefficient (Wildman–Crippen LogP) is 1.48. The number of amides is 1. The van der Waals surface area contributed by atoms with Crippen LogP contribution in [0.5, 0.6) is 0 Å². The number of benzene rings is 1. The van der Waals surface area contributed by atoms with Gasteiger partial charge in [-0.3, -0.25) is 9.59 Å². The van der Waals surface area contributed by atoms with Crippen molar-refractivity contribution in [1.29, 1.82) is 0 Å². The number of carbonyl (C=O) groups excluding carboxylic acids is 1. The van der Waals surface area contributed by atoms with Gasteiger partial charge < -0.3 is 15.0 Å². The molecule has 0 bridgehead atoms. The number of carboxylic acid groups (broad SMARTS) is 1. The Labute approximate surface area is 133 Å². The van der Waals surface area contributed by atoms with Crippen LogP contribution in [0.3, 0.4) is 0 Å². The Kier molecular flexibility index (Phi) is 4.95. The van der Waals surface area contributed by atoms with Gasteiger partial charge in [-0.15, -0.1) is 0 Å². The molecule has 1 heterocycles. The summed E-state index contributed by atoms with van der Waals surface area (Å²) >= 11 is 0. The molecule has 0 fully saturated rings. The summed E-state index contributed by atoms with van der Waals surface area (Å²) in [5.41, 5.74) is 2.26. The van der Waals surface area contributed by atoms with Gasteiger partial charge in [-0.1, -0.05) is 12.1 Å². The first kappa shape index (κ1) is 16.5. The lowest BCUT2D eigenvalue weighted by Gasteiger charge is -2.14. The number of aromatic nitrogens is 1. The van der Waals surface area contributed by atoms with Crippen LogP contribution >= 0.6 is 0 Å². The lowest BCUT2D eigenvalue weighted by Crippen LogP contribution is -2.29. The number of aromatic carboxylic acids is 1. The van der Waals surface area contributed by atoms with Crippen LogP contribution in [0.25, 0.3) is 0 Å². The molecule has 6 heteroatoms. The van der Waals surface area contributed by atoms with E-state index in [9.17, 15) is 14.4 Å². The fourth-order valence-electron chi connectivity index (χ4n) is 2.35. The smallest absolute Gasteiger partial charge is 0.335 e. The van der Waals surface area contributed by atoms with Crippen molar-refractivity contribution in [2.24, 2.45) is 0 Å². The first-order valence-electron chi connectivity index (χ1n) is 7.14. The van der Waals surface area contributed by atoms with E-state index in [0.29, 0.717) is 5.56 Å². The first-order valence-corrected chi connectivity index (χ1v) is 7.14. The molecule has 1 aromatic heterocycles. The van der Waals surface area contributed by atoms with Crippen LogP contribution in [0.15, 0.2) is 41.2 Å². The van der Waals surface area contributed by atoms with Crippen molar-refractivity contribution in [3.05, 3.63) is 69.1 Å². The molecular formula is C17H18N2O4. The summed E-state index contributed by atoms with van der Waals surface area (Å²) in [6.45, 7) is 3.91. The third-order valence-corrected chi connectivity index (χ3v) is 3.52. The molecule has 120 valence electrons. The van der Waals surface area contributed by atoms with E-state index in [1.54, 1.807) is 30.5 Å². The molecule has 23 heavy (non-hydrogen) atoms. The van der Waals surface area contributed by atoms with Crippen molar-refractivity contribution in [2.45, 2.75) is 26.9 Å². The summed E-state index contributed by atoms with van der Waals surface area (Å²) in [5.74, 6) is -1.21. The number of nitrogens with one attached hydrogen (secondary N) is 1. The molecule has 0 radical (unpaired) electrons. The summed E-state index contributed by atoms with van der Waals surface area (Å²) in [4.78, 5) is 34.4. The molecule has 1 aromatic carbocycles. The lowest BCUT2D eigenvalue weighted by molar-refractivity contribution is -0.121. The zero-order valence-corrected chi connectivity index (χ0v) is 13.0. The minimum absolute atomic E-state index is 0.0813. The molecule has 0 saturated heterocycles. The van der Waals surface area contributed by atoms with Gasteiger partial charge in [-0.2, -0.15) is 0 Å². The van der Waals surface area contributed by atoms with E-state index in [-0.39, 0.29) is 30.0 Å². The molecule has 2 rings (SSSR count). The second-order valence-electron chi connectivity index (χ2n) is 5.34.